The summed E-state index contributed by atoms with van der Waals surface area (Å²) in [7, 11) is 0. The number of hydrazine groups is 1. The Morgan fingerprint density at radius 2 is 2.20 bits per heavy atom. The summed E-state index contributed by atoms with van der Waals surface area (Å²) in [5.41, 5.74) is 2.70. The lowest BCUT2D eigenvalue weighted by Crippen LogP contribution is -2.38. The van der Waals surface area contributed by atoms with E-state index in [4.69, 9.17) is 5.84 Å². The molecular formula is C12H15N5O3. The predicted molar refractivity (Wildman–Crippen MR) is 72.6 cm³/mol. The topological polar surface area (TPSA) is 116 Å². The number of nitro benzene ring substituents is 1. The minimum atomic E-state index is -0.461. The molecule has 0 radical (unpaired) electrons. The molecule has 8 heteroatoms. The summed E-state index contributed by atoms with van der Waals surface area (Å²) in [5.74, 6) is 4.39. The Morgan fingerprint density at radius 3 is 2.80 bits per heavy atom. The number of rotatable bonds is 4. The van der Waals surface area contributed by atoms with Gasteiger partial charge in [-0.3, -0.25) is 25.0 Å². The van der Waals surface area contributed by atoms with Gasteiger partial charge < -0.3 is 0 Å². The van der Waals surface area contributed by atoms with Crippen LogP contribution in [0.15, 0.2) is 24.4 Å². The quantitative estimate of drug-likeness (QED) is 0.376. The molecule has 0 fully saturated rings. The second kappa shape index (κ2) is 5.25. The number of carbonyl (C=O) groups excluding carboxylic acids is 1. The molecular weight excluding hydrogens is 262 g/mol. The number of nitrogens with zero attached hydrogens (tertiary/aromatic N) is 3. The van der Waals surface area contributed by atoms with Crippen molar-refractivity contribution in [2.24, 2.45) is 11.8 Å². The summed E-state index contributed by atoms with van der Waals surface area (Å²) in [5, 5.41) is 15.8. The van der Waals surface area contributed by atoms with Gasteiger partial charge in [0, 0.05) is 17.5 Å². The summed E-state index contributed by atoms with van der Waals surface area (Å²) in [4.78, 5) is 21.9. The van der Waals surface area contributed by atoms with Gasteiger partial charge in [-0.1, -0.05) is 6.92 Å². The van der Waals surface area contributed by atoms with Crippen molar-refractivity contribution >= 4 is 22.5 Å². The van der Waals surface area contributed by atoms with E-state index in [0.29, 0.717) is 5.52 Å². The van der Waals surface area contributed by atoms with E-state index in [1.807, 2.05) is 6.92 Å². The molecule has 1 heterocycles. The number of benzene rings is 1. The molecule has 0 spiro atoms. The lowest BCUT2D eigenvalue weighted by Gasteiger charge is -2.19. The van der Waals surface area contributed by atoms with Crippen molar-refractivity contribution in [3.63, 3.8) is 0 Å². The van der Waals surface area contributed by atoms with Gasteiger partial charge >= 0.3 is 0 Å². The first-order valence-corrected chi connectivity index (χ1v) is 6.07. The van der Waals surface area contributed by atoms with Gasteiger partial charge in [0.25, 0.3) is 5.69 Å². The zero-order chi connectivity index (χ0) is 14.9. The maximum Gasteiger partial charge on any atom is 0.271 e. The molecule has 2 atom stereocenters. The Kier molecular flexibility index (Phi) is 3.66. The third kappa shape index (κ3) is 2.32. The lowest BCUT2D eigenvalue weighted by molar-refractivity contribution is -0.384. The molecule has 0 aliphatic heterocycles. The second-order valence-electron chi connectivity index (χ2n) is 4.63. The molecule has 0 saturated heterocycles. The third-order valence-electron chi connectivity index (χ3n) is 3.46. The van der Waals surface area contributed by atoms with Gasteiger partial charge in [0.05, 0.1) is 28.6 Å². The molecule has 1 aromatic heterocycles. The van der Waals surface area contributed by atoms with Gasteiger partial charge in [-0.25, -0.2) is 5.84 Å². The molecule has 2 unspecified atom stereocenters. The molecule has 3 N–H and O–H groups in total. The van der Waals surface area contributed by atoms with Crippen LogP contribution in [-0.4, -0.2) is 20.6 Å². The van der Waals surface area contributed by atoms with E-state index in [9.17, 15) is 14.9 Å². The van der Waals surface area contributed by atoms with Crippen molar-refractivity contribution in [2.45, 2.75) is 19.9 Å². The van der Waals surface area contributed by atoms with Gasteiger partial charge in [0.15, 0.2) is 0 Å². The molecule has 0 aliphatic rings. The van der Waals surface area contributed by atoms with Crippen LogP contribution in [0.2, 0.25) is 0 Å². The van der Waals surface area contributed by atoms with Crippen LogP contribution in [0.1, 0.15) is 19.9 Å². The number of fused-ring (bicyclic) bond motifs is 1. The number of aromatic nitrogens is 2. The number of nitrogens with two attached hydrogens (primary N) is 1. The summed E-state index contributed by atoms with van der Waals surface area (Å²) >= 11 is 0. The predicted octanol–water partition coefficient (Wildman–Crippen LogP) is 1.13. The monoisotopic (exact) mass is 277 g/mol. The molecule has 1 amide bonds. The highest BCUT2D eigenvalue weighted by Crippen LogP contribution is 2.26. The van der Waals surface area contributed by atoms with E-state index < -0.39 is 10.8 Å². The highest BCUT2D eigenvalue weighted by atomic mass is 16.6. The first-order chi connectivity index (χ1) is 9.45. The van der Waals surface area contributed by atoms with Crippen LogP contribution < -0.4 is 11.3 Å². The first-order valence-electron chi connectivity index (χ1n) is 6.07. The maximum atomic E-state index is 11.6. The second-order valence-corrected chi connectivity index (χ2v) is 4.63. The summed E-state index contributed by atoms with van der Waals surface area (Å²) in [6.07, 6.45) is 1.61. The number of carbonyl (C=O) groups is 1. The van der Waals surface area contributed by atoms with Gasteiger partial charge in [-0.15, -0.1) is 0 Å². The minimum absolute atomic E-state index is 0.0117. The smallest absolute Gasteiger partial charge is 0.271 e. The van der Waals surface area contributed by atoms with Gasteiger partial charge in [0.1, 0.15) is 0 Å². The van der Waals surface area contributed by atoms with Crippen LogP contribution >= 0.6 is 0 Å². The summed E-state index contributed by atoms with van der Waals surface area (Å²) < 4.78 is 1.60. The maximum absolute atomic E-state index is 11.6. The standard InChI is InChI=1S/C12H15N5O3/c1-7(12(18)15-13)8(2)16-11-5-10(17(19)20)4-3-9(11)6-14-16/h3-8H,13H2,1-2H3,(H,15,18). The van der Waals surface area contributed by atoms with E-state index in [0.717, 1.165) is 5.39 Å². The fourth-order valence-electron chi connectivity index (χ4n) is 2.03. The molecule has 8 nitrogen and oxygen atoms in total. The normalized spacial score (nSPS) is 13.9. The van der Waals surface area contributed by atoms with Crippen molar-refractivity contribution in [2.75, 3.05) is 0 Å². The van der Waals surface area contributed by atoms with E-state index in [1.54, 1.807) is 23.9 Å². The fraction of sp³-hybridized carbons (Fsp3) is 0.333. The zero-order valence-corrected chi connectivity index (χ0v) is 11.1. The Balaban J connectivity index is 2.46. The summed E-state index contributed by atoms with van der Waals surface area (Å²) in [6.45, 7) is 3.53. The molecule has 0 aliphatic carbocycles. The number of amides is 1. The van der Waals surface area contributed by atoms with Crippen LogP contribution in [0.25, 0.3) is 10.9 Å². The van der Waals surface area contributed by atoms with Crippen LogP contribution in [0, 0.1) is 16.0 Å². The number of hydrogen-bond acceptors (Lipinski definition) is 5. The average Bonchev–Trinajstić information content (AvgIpc) is 2.87. The molecule has 2 aromatic rings. The lowest BCUT2D eigenvalue weighted by atomic mass is 10.0. The largest absolute Gasteiger partial charge is 0.294 e. The van der Waals surface area contributed by atoms with Crippen LogP contribution in [-0.2, 0) is 4.79 Å². The average molecular weight is 277 g/mol. The van der Waals surface area contributed by atoms with E-state index in [1.165, 1.54) is 12.1 Å². The van der Waals surface area contributed by atoms with Crippen molar-refractivity contribution in [1.29, 1.82) is 0 Å². The Morgan fingerprint density at radius 1 is 1.50 bits per heavy atom. The molecule has 106 valence electrons. The highest BCUT2D eigenvalue weighted by molar-refractivity contribution is 5.82. The Labute approximate surface area is 114 Å². The SMILES string of the molecule is CC(C(=O)NN)C(C)n1ncc2ccc([N+](=O)[O-])cc21. The third-order valence-corrected chi connectivity index (χ3v) is 3.46. The van der Waals surface area contributed by atoms with E-state index in [2.05, 4.69) is 10.5 Å². The van der Waals surface area contributed by atoms with Crippen LogP contribution in [0.5, 0.6) is 0 Å². The molecule has 1 aromatic carbocycles. The first kappa shape index (κ1) is 13.9. The van der Waals surface area contributed by atoms with Gasteiger partial charge in [0.2, 0.25) is 5.91 Å². The van der Waals surface area contributed by atoms with Crippen molar-refractivity contribution in [3.05, 3.63) is 34.5 Å². The zero-order valence-electron chi connectivity index (χ0n) is 11.1. The number of nitrogens with one attached hydrogen (secondary N) is 1. The van der Waals surface area contributed by atoms with E-state index >= 15 is 0 Å². The van der Waals surface area contributed by atoms with Crippen LogP contribution in [0.4, 0.5) is 5.69 Å². The molecule has 20 heavy (non-hydrogen) atoms. The van der Waals surface area contributed by atoms with Crippen molar-refractivity contribution in [3.8, 4) is 0 Å². The summed E-state index contributed by atoms with van der Waals surface area (Å²) in [6, 6.07) is 4.23. The number of non-ortho nitro benzene ring substituents is 1. The van der Waals surface area contributed by atoms with Crippen molar-refractivity contribution < 1.29 is 9.72 Å². The Hall–Kier alpha value is -2.48. The molecule has 2 rings (SSSR count). The Bertz CT molecular complexity index is 666. The number of nitro groups is 1. The molecule has 0 bridgehead atoms. The molecule has 0 saturated carbocycles. The highest BCUT2D eigenvalue weighted by Gasteiger charge is 2.23. The van der Waals surface area contributed by atoms with E-state index in [-0.39, 0.29) is 17.6 Å². The van der Waals surface area contributed by atoms with Crippen LogP contribution in [0.3, 0.4) is 0 Å². The minimum Gasteiger partial charge on any atom is -0.294 e. The van der Waals surface area contributed by atoms with Crippen molar-refractivity contribution in [1.82, 2.24) is 15.2 Å². The van der Waals surface area contributed by atoms with Gasteiger partial charge in [-0.2, -0.15) is 5.10 Å². The van der Waals surface area contributed by atoms with Gasteiger partial charge in [-0.05, 0) is 13.0 Å². The number of hydrogen-bond donors (Lipinski definition) is 2. The fourth-order valence-corrected chi connectivity index (χ4v) is 2.03.